The summed E-state index contributed by atoms with van der Waals surface area (Å²) in [4.78, 5) is 45.8. The van der Waals surface area contributed by atoms with Gasteiger partial charge in [0.15, 0.2) is 11.6 Å². The van der Waals surface area contributed by atoms with E-state index in [9.17, 15) is 14.7 Å². The average Bonchev–Trinajstić information content (AvgIpc) is 3.85. The van der Waals surface area contributed by atoms with Crippen molar-refractivity contribution in [2.45, 2.75) is 77.7 Å². The van der Waals surface area contributed by atoms with Gasteiger partial charge in [0.25, 0.3) is 0 Å². The first kappa shape index (κ1) is 31.2. The Labute approximate surface area is 279 Å². The number of aromatic nitrogens is 2. The van der Waals surface area contributed by atoms with Gasteiger partial charge in [-0.25, -0.2) is 0 Å². The number of nitrogens with zero attached hydrogens (tertiary/aromatic N) is 6. The molecule has 0 spiro atoms. The highest BCUT2D eigenvalue weighted by atomic mass is 16.3. The van der Waals surface area contributed by atoms with Gasteiger partial charge in [0.2, 0.25) is 5.95 Å². The maximum absolute atomic E-state index is 14.2. The summed E-state index contributed by atoms with van der Waals surface area (Å²) in [6, 6.07) is 2.17. The topological polar surface area (TPSA) is 93.1 Å². The van der Waals surface area contributed by atoms with Crippen LogP contribution in [-0.2, 0) is 9.59 Å². The van der Waals surface area contributed by atoms with E-state index in [1.807, 2.05) is 6.08 Å². The monoisotopic (exact) mass is 640 g/mol. The standard InChI is InChI=1S/C38H52N6O3/c1-26-22-28-29(36(2)11-8-27(45)23-31(26)36)9-12-37(3)30(28)10-13-38(37,47)32(46)25-41-18-20-43(21-19-41)34-24-33(42-14-4-5-15-42)39-35(40-34)44-16-6-7-17-44/h8-9,11,23-24,26,28,30,47H,4-7,10,12-22,25H2,1-3H3/t26?,28-,30+,36-,37+,38+/m1/s1. The zero-order chi connectivity index (χ0) is 32.6. The van der Waals surface area contributed by atoms with Crippen LogP contribution in [0.2, 0.25) is 0 Å². The van der Waals surface area contributed by atoms with Crippen LogP contribution in [0.3, 0.4) is 0 Å². The van der Waals surface area contributed by atoms with Crippen molar-refractivity contribution in [2.75, 3.05) is 73.6 Å². The number of allylic oxidation sites excluding steroid dienone is 6. The van der Waals surface area contributed by atoms with E-state index in [1.54, 1.807) is 6.08 Å². The van der Waals surface area contributed by atoms with Crippen molar-refractivity contribution in [3.05, 3.63) is 41.5 Å². The molecule has 252 valence electrons. The van der Waals surface area contributed by atoms with Crippen LogP contribution >= 0.6 is 0 Å². The fourth-order valence-corrected chi connectivity index (χ4v) is 10.6. The SMILES string of the molecule is CC1C[C@@H]2C(=CC[C@@]3(C)[C@H]2CC[C@]3(O)C(=O)CN2CCN(c3cc(N4CCCC4)nc(N4CCCC4)n3)CC2)[C@@]2(C)C=CC(=O)C=C12. The number of rotatable bonds is 6. The van der Waals surface area contributed by atoms with Gasteiger partial charge < -0.3 is 19.8 Å². The second-order valence-corrected chi connectivity index (χ2v) is 16.0. The van der Waals surface area contributed by atoms with E-state index in [2.05, 4.69) is 58.6 Å². The van der Waals surface area contributed by atoms with Crippen LogP contribution in [0.4, 0.5) is 17.6 Å². The van der Waals surface area contributed by atoms with E-state index >= 15 is 0 Å². The smallest absolute Gasteiger partial charge is 0.229 e. The molecule has 0 aromatic carbocycles. The van der Waals surface area contributed by atoms with Gasteiger partial charge in [-0.2, -0.15) is 9.97 Å². The number of ketones is 2. The van der Waals surface area contributed by atoms with Crippen molar-refractivity contribution in [3.63, 3.8) is 0 Å². The van der Waals surface area contributed by atoms with Crippen molar-refractivity contribution in [2.24, 2.45) is 28.6 Å². The first-order valence-electron chi connectivity index (χ1n) is 18.4. The third-order valence-corrected chi connectivity index (χ3v) is 13.5. The second kappa shape index (κ2) is 11.5. The minimum absolute atomic E-state index is 0.0127. The first-order chi connectivity index (χ1) is 22.6. The maximum Gasteiger partial charge on any atom is 0.229 e. The molecule has 4 aliphatic carbocycles. The van der Waals surface area contributed by atoms with E-state index in [1.165, 1.54) is 36.8 Å². The lowest BCUT2D eigenvalue weighted by molar-refractivity contribution is -0.154. The Morgan fingerprint density at radius 1 is 0.915 bits per heavy atom. The predicted molar refractivity (Wildman–Crippen MR) is 185 cm³/mol. The molecule has 1 N–H and O–H groups in total. The normalized spacial score (nSPS) is 37.1. The van der Waals surface area contributed by atoms with Gasteiger partial charge in [0.05, 0.1) is 6.54 Å². The fourth-order valence-electron chi connectivity index (χ4n) is 10.6. The zero-order valence-electron chi connectivity index (χ0n) is 28.6. The summed E-state index contributed by atoms with van der Waals surface area (Å²) in [5.74, 6) is 3.84. The fraction of sp³-hybridized carbons (Fsp3) is 0.684. The van der Waals surface area contributed by atoms with Crippen LogP contribution < -0.4 is 14.7 Å². The number of Topliss-reactive ketones (excluding diaryl/α,β-unsaturated/α-hetero) is 1. The third kappa shape index (κ3) is 5.01. The second-order valence-electron chi connectivity index (χ2n) is 16.0. The molecule has 1 aromatic rings. The van der Waals surface area contributed by atoms with Gasteiger partial charge in [-0.15, -0.1) is 0 Å². The Morgan fingerprint density at radius 2 is 1.55 bits per heavy atom. The Morgan fingerprint density at radius 3 is 2.23 bits per heavy atom. The maximum atomic E-state index is 14.2. The summed E-state index contributed by atoms with van der Waals surface area (Å²) < 4.78 is 0. The number of anilines is 3. The molecule has 0 radical (unpaired) electrons. The van der Waals surface area contributed by atoms with Crippen molar-refractivity contribution in [1.29, 1.82) is 0 Å². The Hall–Kier alpha value is -3.04. The Bertz CT molecular complexity index is 1500. The average molecular weight is 641 g/mol. The number of aliphatic hydroxyl groups is 1. The summed E-state index contributed by atoms with van der Waals surface area (Å²) in [6.45, 7) is 14.3. The molecule has 3 aliphatic heterocycles. The van der Waals surface area contributed by atoms with Crippen molar-refractivity contribution in [1.82, 2.24) is 14.9 Å². The van der Waals surface area contributed by atoms with E-state index in [0.29, 0.717) is 31.2 Å². The predicted octanol–water partition coefficient (Wildman–Crippen LogP) is 4.57. The summed E-state index contributed by atoms with van der Waals surface area (Å²) in [6.07, 6.45) is 15.9. The van der Waals surface area contributed by atoms with Crippen molar-refractivity contribution >= 4 is 29.2 Å². The highest BCUT2D eigenvalue weighted by Crippen LogP contribution is 2.65. The third-order valence-electron chi connectivity index (χ3n) is 13.5. The zero-order valence-corrected chi connectivity index (χ0v) is 28.6. The number of piperazine rings is 1. The van der Waals surface area contributed by atoms with E-state index in [4.69, 9.17) is 9.97 Å². The van der Waals surface area contributed by atoms with Gasteiger partial charge in [0, 0.05) is 69.3 Å². The van der Waals surface area contributed by atoms with Gasteiger partial charge in [-0.3, -0.25) is 14.5 Å². The molecule has 5 fully saturated rings. The molecular formula is C38H52N6O3. The molecule has 6 atom stereocenters. The van der Waals surface area contributed by atoms with Gasteiger partial charge in [0.1, 0.15) is 17.2 Å². The van der Waals surface area contributed by atoms with E-state index < -0.39 is 11.0 Å². The lowest BCUT2D eigenvalue weighted by atomic mass is 9.49. The molecule has 3 saturated heterocycles. The van der Waals surface area contributed by atoms with Crippen LogP contribution in [-0.4, -0.2) is 96.0 Å². The molecule has 0 bridgehead atoms. The molecule has 9 heteroatoms. The molecule has 7 aliphatic rings. The van der Waals surface area contributed by atoms with Gasteiger partial charge in [-0.05, 0) is 93.8 Å². The summed E-state index contributed by atoms with van der Waals surface area (Å²) in [5, 5.41) is 12.3. The molecule has 4 heterocycles. The largest absolute Gasteiger partial charge is 0.381 e. The number of fused-ring (bicyclic) bond motifs is 5. The van der Waals surface area contributed by atoms with Crippen LogP contribution in [0.1, 0.15) is 72.1 Å². The van der Waals surface area contributed by atoms with Crippen molar-refractivity contribution < 1.29 is 14.7 Å². The number of carbonyl (C=O) groups is 2. The lowest BCUT2D eigenvalue weighted by Crippen LogP contribution is -2.58. The molecule has 1 unspecified atom stereocenters. The van der Waals surface area contributed by atoms with Gasteiger partial charge in [-0.1, -0.05) is 31.6 Å². The highest BCUT2D eigenvalue weighted by molar-refractivity contribution is 6.01. The molecule has 0 amide bonds. The summed E-state index contributed by atoms with van der Waals surface area (Å²) >= 11 is 0. The molecule has 1 aromatic heterocycles. The minimum Gasteiger partial charge on any atom is -0.381 e. The molecule has 9 nitrogen and oxygen atoms in total. The molecule has 47 heavy (non-hydrogen) atoms. The summed E-state index contributed by atoms with van der Waals surface area (Å²) in [5.41, 5.74) is 0.574. The molecule has 8 rings (SSSR count). The lowest BCUT2D eigenvalue weighted by Gasteiger charge is -2.55. The van der Waals surface area contributed by atoms with Crippen LogP contribution in [0.25, 0.3) is 0 Å². The summed E-state index contributed by atoms with van der Waals surface area (Å²) in [7, 11) is 0. The number of carbonyl (C=O) groups excluding carboxylic acids is 2. The molecule has 2 saturated carbocycles. The van der Waals surface area contributed by atoms with Crippen LogP contribution in [0, 0.1) is 28.6 Å². The van der Waals surface area contributed by atoms with E-state index in [-0.39, 0.29) is 22.9 Å². The molecular weight excluding hydrogens is 588 g/mol. The van der Waals surface area contributed by atoms with E-state index in [0.717, 1.165) is 82.8 Å². The van der Waals surface area contributed by atoms with Crippen LogP contribution in [0.5, 0.6) is 0 Å². The highest BCUT2D eigenvalue weighted by Gasteiger charge is 2.64. The van der Waals surface area contributed by atoms with Crippen LogP contribution in [0.15, 0.2) is 41.5 Å². The minimum atomic E-state index is -1.32. The Kier molecular flexibility index (Phi) is 7.67. The number of hydrogen-bond acceptors (Lipinski definition) is 9. The van der Waals surface area contributed by atoms with Crippen molar-refractivity contribution in [3.8, 4) is 0 Å². The first-order valence-corrected chi connectivity index (χ1v) is 18.4. The Balaban J connectivity index is 0.959. The quantitative estimate of drug-likeness (QED) is 0.449. The van der Waals surface area contributed by atoms with Gasteiger partial charge >= 0.3 is 0 Å². The number of hydrogen-bond donors (Lipinski definition) is 1.